The molecule has 6 nitrogen and oxygen atoms in total. The second kappa shape index (κ2) is 6.80. The van der Waals surface area contributed by atoms with E-state index in [0.29, 0.717) is 0 Å². The van der Waals surface area contributed by atoms with Gasteiger partial charge in [-0.1, -0.05) is 4.49 Å². The van der Waals surface area contributed by atoms with Crippen LogP contribution in [0.3, 0.4) is 0 Å². The van der Waals surface area contributed by atoms with Gasteiger partial charge in [0.25, 0.3) is 0 Å². The molecule has 0 radical (unpaired) electrons. The Kier molecular flexibility index (Phi) is 4.39. The number of ether oxygens (including phenoxy) is 1. The molecule has 2 fully saturated rings. The van der Waals surface area contributed by atoms with E-state index in [9.17, 15) is 0 Å². The van der Waals surface area contributed by atoms with Crippen molar-refractivity contribution in [2.24, 2.45) is 0 Å². The fourth-order valence-corrected chi connectivity index (χ4v) is 3.78. The number of hydrogen-bond donors (Lipinski definition) is 0. The number of anilines is 1. The highest BCUT2D eigenvalue weighted by atomic mass is 32.1. The van der Waals surface area contributed by atoms with Crippen molar-refractivity contribution in [2.75, 3.05) is 31.1 Å². The minimum Gasteiger partial charge on any atom is -0.485 e. The van der Waals surface area contributed by atoms with E-state index in [-0.39, 0.29) is 6.10 Å². The zero-order chi connectivity index (χ0) is 15.5. The van der Waals surface area contributed by atoms with E-state index in [1.54, 1.807) is 0 Å². The molecule has 0 saturated carbocycles. The number of hydrogen-bond acceptors (Lipinski definition) is 7. The van der Waals surface area contributed by atoms with Crippen LogP contribution in [0, 0.1) is 0 Å². The van der Waals surface area contributed by atoms with Gasteiger partial charge in [-0.2, -0.15) is 0 Å². The summed E-state index contributed by atoms with van der Waals surface area (Å²) in [5, 5.41) is 6.14. The van der Waals surface area contributed by atoms with Crippen LogP contribution in [0.1, 0.15) is 25.0 Å². The van der Waals surface area contributed by atoms with Gasteiger partial charge in [0.1, 0.15) is 6.10 Å². The summed E-state index contributed by atoms with van der Waals surface area (Å²) in [6, 6.07) is 4.01. The summed E-state index contributed by atoms with van der Waals surface area (Å²) in [5.74, 6) is 1.93. The van der Waals surface area contributed by atoms with Crippen molar-refractivity contribution >= 4 is 17.4 Å². The van der Waals surface area contributed by atoms with Crippen LogP contribution in [0.25, 0.3) is 0 Å². The maximum absolute atomic E-state index is 6.29. The van der Waals surface area contributed by atoms with Crippen LogP contribution in [0.2, 0.25) is 0 Å². The molecule has 4 rings (SSSR count). The number of likely N-dealkylation sites (tertiary alicyclic amines) is 1. The third-order valence-electron chi connectivity index (χ3n) is 4.47. The zero-order valence-electron chi connectivity index (χ0n) is 13.1. The summed E-state index contributed by atoms with van der Waals surface area (Å²) in [7, 11) is 0. The smallest absolute Gasteiger partial charge is 0.171 e. The van der Waals surface area contributed by atoms with Gasteiger partial charge in [0, 0.05) is 44.3 Å². The highest BCUT2D eigenvalue weighted by Crippen LogP contribution is 2.30. The largest absolute Gasteiger partial charge is 0.485 e. The minimum absolute atomic E-state index is 0.229. The summed E-state index contributed by atoms with van der Waals surface area (Å²) in [4.78, 5) is 9.27. The number of pyridine rings is 1. The quantitative estimate of drug-likeness (QED) is 0.837. The Labute approximate surface area is 140 Å². The van der Waals surface area contributed by atoms with Gasteiger partial charge in [-0.25, -0.2) is 4.98 Å². The lowest BCUT2D eigenvalue weighted by Crippen LogP contribution is -2.26. The maximum atomic E-state index is 6.29. The minimum atomic E-state index is 0.229. The molecule has 1 atom stereocenters. The van der Waals surface area contributed by atoms with E-state index in [0.717, 1.165) is 56.4 Å². The lowest BCUT2D eigenvalue weighted by Gasteiger charge is -2.22. The van der Waals surface area contributed by atoms with E-state index < -0.39 is 0 Å². The first kappa shape index (κ1) is 14.8. The normalized spacial score (nSPS) is 21.9. The first-order valence-corrected chi connectivity index (χ1v) is 9.07. The molecule has 122 valence electrons. The Morgan fingerprint density at radius 1 is 1.26 bits per heavy atom. The average molecular weight is 331 g/mol. The van der Waals surface area contributed by atoms with Crippen LogP contribution in [-0.4, -0.2) is 51.8 Å². The second-order valence-corrected chi connectivity index (χ2v) is 6.79. The van der Waals surface area contributed by atoms with Crippen molar-refractivity contribution in [1.82, 2.24) is 19.5 Å². The fourth-order valence-electron chi connectivity index (χ4n) is 3.34. The monoisotopic (exact) mass is 331 g/mol. The van der Waals surface area contributed by atoms with Crippen molar-refractivity contribution in [2.45, 2.75) is 31.9 Å². The third-order valence-corrected chi connectivity index (χ3v) is 5.02. The molecule has 0 aromatic carbocycles. The van der Waals surface area contributed by atoms with Gasteiger partial charge < -0.3 is 9.64 Å². The van der Waals surface area contributed by atoms with E-state index in [4.69, 9.17) is 4.74 Å². The van der Waals surface area contributed by atoms with E-state index in [1.807, 2.05) is 23.7 Å². The van der Waals surface area contributed by atoms with Gasteiger partial charge in [-0.3, -0.25) is 4.90 Å². The molecular formula is C16H21N5OS. The van der Waals surface area contributed by atoms with Gasteiger partial charge >= 0.3 is 0 Å². The molecule has 0 aliphatic carbocycles. The Balaban J connectivity index is 1.39. The number of nitrogens with zero attached hydrogens (tertiary/aromatic N) is 5. The average Bonchev–Trinajstić information content (AvgIpc) is 3.31. The molecular weight excluding hydrogens is 310 g/mol. The van der Waals surface area contributed by atoms with Gasteiger partial charge in [0.05, 0.1) is 5.69 Å². The molecule has 2 aromatic rings. The van der Waals surface area contributed by atoms with Crippen molar-refractivity contribution < 1.29 is 4.74 Å². The first-order chi connectivity index (χ1) is 11.4. The highest BCUT2D eigenvalue weighted by molar-refractivity contribution is 7.03. The van der Waals surface area contributed by atoms with Crippen molar-refractivity contribution in [3.8, 4) is 5.75 Å². The molecule has 4 heterocycles. The SMILES string of the molecule is c1cnc(N2CCCC2)c(OC2CCN(Cc3csnn3)C2)c1. The second-order valence-electron chi connectivity index (χ2n) is 6.18. The van der Waals surface area contributed by atoms with Crippen LogP contribution < -0.4 is 9.64 Å². The topological polar surface area (TPSA) is 54.4 Å². The van der Waals surface area contributed by atoms with Crippen LogP contribution in [0.4, 0.5) is 5.82 Å². The fraction of sp³-hybridized carbons (Fsp3) is 0.562. The van der Waals surface area contributed by atoms with Gasteiger partial charge in [-0.05, 0) is 42.9 Å². The highest BCUT2D eigenvalue weighted by Gasteiger charge is 2.26. The predicted molar refractivity (Wildman–Crippen MR) is 89.9 cm³/mol. The first-order valence-electron chi connectivity index (χ1n) is 8.23. The Morgan fingerprint density at radius 3 is 3.00 bits per heavy atom. The zero-order valence-corrected chi connectivity index (χ0v) is 13.9. The summed E-state index contributed by atoms with van der Waals surface area (Å²) in [5.41, 5.74) is 1.05. The van der Waals surface area contributed by atoms with Crippen LogP contribution in [0.15, 0.2) is 23.7 Å². The molecule has 2 aromatic heterocycles. The Hall–Kier alpha value is -1.73. The van der Waals surface area contributed by atoms with Crippen molar-refractivity contribution in [3.05, 3.63) is 29.4 Å². The lowest BCUT2D eigenvalue weighted by molar-refractivity contribution is 0.197. The summed E-state index contributed by atoms with van der Waals surface area (Å²) in [6.45, 7) is 5.01. The van der Waals surface area contributed by atoms with Gasteiger partial charge in [0.2, 0.25) is 0 Å². The van der Waals surface area contributed by atoms with Crippen LogP contribution >= 0.6 is 11.5 Å². The van der Waals surface area contributed by atoms with Gasteiger partial charge in [-0.15, -0.1) is 5.10 Å². The molecule has 7 heteroatoms. The molecule has 1 unspecified atom stereocenters. The maximum Gasteiger partial charge on any atom is 0.171 e. The molecule has 23 heavy (non-hydrogen) atoms. The molecule has 0 spiro atoms. The van der Waals surface area contributed by atoms with Crippen molar-refractivity contribution in [1.29, 1.82) is 0 Å². The standard InChI is InChI=1S/C16H21N5OS/c1-2-8-21(7-1)16-15(4-3-6-17-16)22-14-5-9-20(11-14)10-13-12-23-19-18-13/h3-4,6,12,14H,1-2,5,7-11H2. The molecule has 0 N–H and O–H groups in total. The van der Waals surface area contributed by atoms with Crippen LogP contribution in [-0.2, 0) is 6.54 Å². The van der Waals surface area contributed by atoms with E-state index >= 15 is 0 Å². The number of aromatic nitrogens is 3. The lowest BCUT2D eigenvalue weighted by atomic mass is 10.3. The molecule has 2 aliphatic heterocycles. The van der Waals surface area contributed by atoms with Gasteiger partial charge in [0.15, 0.2) is 11.6 Å². The summed E-state index contributed by atoms with van der Waals surface area (Å²) < 4.78 is 10.2. The Morgan fingerprint density at radius 2 is 2.17 bits per heavy atom. The third kappa shape index (κ3) is 3.45. The van der Waals surface area contributed by atoms with Crippen LogP contribution in [0.5, 0.6) is 5.75 Å². The number of rotatable bonds is 5. The predicted octanol–water partition coefficient (Wildman–Crippen LogP) is 2.19. The van der Waals surface area contributed by atoms with Crippen molar-refractivity contribution in [3.63, 3.8) is 0 Å². The Bertz CT molecular complexity index is 629. The van der Waals surface area contributed by atoms with E-state index in [2.05, 4.69) is 24.4 Å². The summed E-state index contributed by atoms with van der Waals surface area (Å²) >= 11 is 1.41. The molecule has 0 amide bonds. The molecule has 0 bridgehead atoms. The molecule has 2 saturated heterocycles. The molecule has 2 aliphatic rings. The van der Waals surface area contributed by atoms with E-state index in [1.165, 1.54) is 24.4 Å². The summed E-state index contributed by atoms with van der Waals surface area (Å²) in [6.07, 6.45) is 5.62.